The molecule has 0 saturated carbocycles. The molecular formula is C11H15N5O4. The second-order valence-corrected chi connectivity index (χ2v) is 4.64. The number of nitrogens with zero attached hydrogens (tertiary/aromatic N) is 4. The van der Waals surface area contributed by atoms with Gasteiger partial charge in [-0.3, -0.25) is 0 Å². The Hall–Kier alpha value is -1.81. The Morgan fingerprint density at radius 3 is 2.65 bits per heavy atom. The molecule has 3 rings (SSSR count). The highest BCUT2D eigenvalue weighted by atomic mass is 16.5. The van der Waals surface area contributed by atoms with Gasteiger partial charge in [-0.1, -0.05) is 0 Å². The van der Waals surface area contributed by atoms with E-state index < -0.39 is 24.4 Å². The molecule has 108 valence electrons. The van der Waals surface area contributed by atoms with Crippen LogP contribution in [0.1, 0.15) is 6.04 Å². The summed E-state index contributed by atoms with van der Waals surface area (Å²) in [6.45, 7) is -0.629. The van der Waals surface area contributed by atoms with Crippen molar-refractivity contribution < 1.29 is 20.1 Å². The zero-order valence-corrected chi connectivity index (χ0v) is 10.5. The molecule has 2 aromatic heterocycles. The highest BCUT2D eigenvalue weighted by Gasteiger charge is 2.44. The summed E-state index contributed by atoms with van der Waals surface area (Å²) >= 11 is 0. The van der Waals surface area contributed by atoms with Crippen LogP contribution < -0.4 is 5.73 Å². The van der Waals surface area contributed by atoms with Crippen molar-refractivity contribution in [1.29, 1.82) is 0 Å². The lowest BCUT2D eigenvalue weighted by Crippen LogP contribution is -2.32. The Labute approximate surface area is 113 Å². The maximum atomic E-state index is 10.2. The fourth-order valence-corrected chi connectivity index (χ4v) is 2.56. The van der Waals surface area contributed by atoms with Gasteiger partial charge in [0.1, 0.15) is 30.2 Å². The number of aliphatic hydroxyl groups excluding tert-OH is 3. The van der Waals surface area contributed by atoms with E-state index in [9.17, 15) is 15.3 Å². The van der Waals surface area contributed by atoms with Gasteiger partial charge in [0.15, 0.2) is 11.5 Å². The third-order valence-corrected chi connectivity index (χ3v) is 3.53. The molecule has 0 radical (unpaired) electrons. The number of fused-ring (bicyclic) bond motifs is 1. The van der Waals surface area contributed by atoms with Crippen LogP contribution in [-0.4, -0.2) is 66.4 Å². The fourth-order valence-electron chi connectivity index (χ4n) is 2.56. The van der Waals surface area contributed by atoms with Crippen LogP contribution >= 0.6 is 0 Å². The Balaban J connectivity index is 2.07. The predicted octanol–water partition coefficient (Wildman–Crippen LogP) is -1.94. The number of rotatable bonds is 3. The van der Waals surface area contributed by atoms with Gasteiger partial charge >= 0.3 is 0 Å². The first-order valence-electron chi connectivity index (χ1n) is 6.15. The van der Waals surface area contributed by atoms with E-state index in [2.05, 4.69) is 15.0 Å². The summed E-state index contributed by atoms with van der Waals surface area (Å²) in [5, 5.41) is 28.8. The highest BCUT2D eigenvalue weighted by Crippen LogP contribution is 2.33. The quantitative estimate of drug-likeness (QED) is 0.509. The number of hydrogen-bond donors (Lipinski definition) is 4. The SMILES string of the molecule is Nc1ncnc2c1ncn2[C@H]1[C@H](O)[C@@H](CO)O[C@@H]1CO. The second kappa shape index (κ2) is 4.94. The van der Waals surface area contributed by atoms with Gasteiger partial charge in [-0.15, -0.1) is 0 Å². The van der Waals surface area contributed by atoms with Crippen molar-refractivity contribution in [2.45, 2.75) is 24.4 Å². The van der Waals surface area contributed by atoms with Crippen molar-refractivity contribution >= 4 is 17.0 Å². The third kappa shape index (κ3) is 1.83. The number of hydrogen-bond acceptors (Lipinski definition) is 8. The lowest BCUT2D eigenvalue weighted by atomic mass is 10.1. The zero-order valence-electron chi connectivity index (χ0n) is 10.5. The molecule has 20 heavy (non-hydrogen) atoms. The van der Waals surface area contributed by atoms with E-state index in [0.717, 1.165) is 0 Å². The summed E-state index contributed by atoms with van der Waals surface area (Å²) in [6, 6.07) is -0.601. The molecule has 5 N–H and O–H groups in total. The largest absolute Gasteiger partial charge is 0.394 e. The maximum Gasteiger partial charge on any atom is 0.165 e. The molecule has 3 heterocycles. The number of ether oxygens (including phenoxy) is 1. The topological polar surface area (TPSA) is 140 Å². The summed E-state index contributed by atoms with van der Waals surface area (Å²) in [5.74, 6) is 0.237. The van der Waals surface area contributed by atoms with Crippen LogP contribution in [0.5, 0.6) is 0 Å². The van der Waals surface area contributed by atoms with Crippen LogP contribution in [-0.2, 0) is 4.74 Å². The molecule has 0 spiro atoms. The summed E-state index contributed by atoms with van der Waals surface area (Å²) in [7, 11) is 0. The van der Waals surface area contributed by atoms with E-state index in [1.807, 2.05) is 0 Å². The van der Waals surface area contributed by atoms with Gasteiger partial charge in [0.25, 0.3) is 0 Å². The molecule has 9 nitrogen and oxygen atoms in total. The molecule has 1 aliphatic rings. The average Bonchev–Trinajstić information content (AvgIpc) is 3.00. The minimum atomic E-state index is -0.981. The Morgan fingerprint density at radius 2 is 1.95 bits per heavy atom. The number of nitrogen functional groups attached to an aromatic ring is 1. The molecule has 1 saturated heterocycles. The van der Waals surface area contributed by atoms with E-state index in [1.165, 1.54) is 12.7 Å². The van der Waals surface area contributed by atoms with E-state index in [1.54, 1.807) is 4.57 Å². The Morgan fingerprint density at radius 1 is 1.20 bits per heavy atom. The summed E-state index contributed by atoms with van der Waals surface area (Å²) < 4.78 is 7.01. The van der Waals surface area contributed by atoms with Crippen molar-refractivity contribution in [3.63, 3.8) is 0 Å². The molecule has 9 heteroatoms. The molecule has 0 amide bonds. The number of anilines is 1. The molecule has 0 bridgehead atoms. The van der Waals surface area contributed by atoms with Gasteiger partial charge in [0, 0.05) is 0 Å². The standard InChI is InChI=1S/C11H15N5O4/c12-10-7-11(14-3-13-10)16(4-15-7)8-5(1-17)20-6(2-18)9(8)19/h3-6,8-9,17-19H,1-2H2,(H2,12,13,14)/t5-,6-,8-,9-/m1/s1. The maximum absolute atomic E-state index is 10.2. The number of imidazole rings is 1. The van der Waals surface area contributed by atoms with Crippen molar-refractivity contribution in [2.75, 3.05) is 18.9 Å². The number of aliphatic hydroxyl groups is 3. The minimum absolute atomic E-state index is 0.237. The summed E-state index contributed by atoms with van der Waals surface area (Å²) in [4.78, 5) is 12.1. The molecule has 0 unspecified atom stereocenters. The summed E-state index contributed by atoms with van der Waals surface area (Å²) in [5.41, 5.74) is 6.58. The van der Waals surface area contributed by atoms with E-state index in [4.69, 9.17) is 10.5 Å². The lowest BCUT2D eigenvalue weighted by Gasteiger charge is -2.20. The highest BCUT2D eigenvalue weighted by molar-refractivity contribution is 5.81. The van der Waals surface area contributed by atoms with Crippen LogP contribution in [0.2, 0.25) is 0 Å². The first kappa shape index (κ1) is 13.2. The molecule has 4 atom stereocenters. The normalized spacial score (nSPS) is 30.1. The monoisotopic (exact) mass is 281 g/mol. The molecule has 0 aliphatic carbocycles. The van der Waals surface area contributed by atoms with E-state index >= 15 is 0 Å². The molecule has 1 aliphatic heterocycles. The molecule has 2 aromatic rings. The van der Waals surface area contributed by atoms with Crippen LogP contribution in [0.15, 0.2) is 12.7 Å². The van der Waals surface area contributed by atoms with Crippen LogP contribution in [0.3, 0.4) is 0 Å². The van der Waals surface area contributed by atoms with Gasteiger partial charge in [0.2, 0.25) is 0 Å². The fraction of sp³-hybridized carbons (Fsp3) is 0.545. The lowest BCUT2D eigenvalue weighted by molar-refractivity contribution is -0.0362. The first-order valence-corrected chi connectivity index (χ1v) is 6.15. The third-order valence-electron chi connectivity index (χ3n) is 3.53. The van der Waals surface area contributed by atoms with Gasteiger partial charge in [0.05, 0.1) is 25.6 Å². The van der Waals surface area contributed by atoms with Crippen molar-refractivity contribution in [1.82, 2.24) is 19.5 Å². The number of nitrogens with two attached hydrogens (primary N) is 1. The van der Waals surface area contributed by atoms with Crippen molar-refractivity contribution in [3.8, 4) is 0 Å². The molecule has 1 fully saturated rings. The van der Waals surface area contributed by atoms with Crippen molar-refractivity contribution in [3.05, 3.63) is 12.7 Å². The van der Waals surface area contributed by atoms with Gasteiger partial charge in [-0.2, -0.15) is 0 Å². The van der Waals surface area contributed by atoms with Gasteiger partial charge < -0.3 is 30.4 Å². The minimum Gasteiger partial charge on any atom is -0.394 e. The van der Waals surface area contributed by atoms with Crippen molar-refractivity contribution in [2.24, 2.45) is 0 Å². The van der Waals surface area contributed by atoms with Crippen LogP contribution in [0.4, 0.5) is 5.82 Å². The van der Waals surface area contributed by atoms with E-state index in [0.29, 0.717) is 11.2 Å². The zero-order chi connectivity index (χ0) is 14.3. The van der Waals surface area contributed by atoms with Crippen LogP contribution in [0.25, 0.3) is 11.2 Å². The molecule has 0 aromatic carbocycles. The number of aromatic nitrogens is 4. The Kier molecular flexibility index (Phi) is 3.26. The first-order chi connectivity index (χ1) is 9.67. The van der Waals surface area contributed by atoms with Crippen LogP contribution in [0, 0.1) is 0 Å². The summed E-state index contributed by atoms with van der Waals surface area (Å²) in [6.07, 6.45) is 0.375. The van der Waals surface area contributed by atoms with Gasteiger partial charge in [-0.05, 0) is 0 Å². The van der Waals surface area contributed by atoms with Gasteiger partial charge in [-0.25, -0.2) is 15.0 Å². The van der Waals surface area contributed by atoms with E-state index in [-0.39, 0.29) is 19.0 Å². The second-order valence-electron chi connectivity index (χ2n) is 4.64. The molecular weight excluding hydrogens is 266 g/mol. The smallest absolute Gasteiger partial charge is 0.165 e. The average molecular weight is 281 g/mol. The predicted molar refractivity (Wildman–Crippen MR) is 67.6 cm³/mol. The Bertz CT molecular complexity index is 616.